The van der Waals surface area contributed by atoms with E-state index in [2.05, 4.69) is 113 Å². The molecule has 0 aliphatic heterocycles. The van der Waals surface area contributed by atoms with Crippen LogP contribution >= 0.6 is 10.2 Å². The van der Waals surface area contributed by atoms with Gasteiger partial charge in [-0.3, -0.25) is 15.2 Å². The molecule has 4 rings (SSSR count). The first-order valence-electron chi connectivity index (χ1n) is 11.2. The molecule has 3 aromatic carbocycles. The molecule has 0 saturated carbocycles. The van der Waals surface area contributed by atoms with Gasteiger partial charge in [-0.2, -0.15) is 0 Å². The van der Waals surface area contributed by atoms with Gasteiger partial charge in [-0.15, -0.1) is 34.8 Å². The third kappa shape index (κ3) is 5.83. The fourth-order valence-corrected chi connectivity index (χ4v) is 5.59. The van der Waals surface area contributed by atoms with Gasteiger partial charge in [0.1, 0.15) is 0 Å². The molecule has 0 bridgehead atoms. The van der Waals surface area contributed by atoms with Crippen molar-refractivity contribution in [1.29, 1.82) is 0 Å². The van der Waals surface area contributed by atoms with Crippen LogP contribution in [-0.4, -0.2) is 17.5 Å². The Balaban J connectivity index is 0.00000204. The Bertz CT molecular complexity index is 1220. The van der Waals surface area contributed by atoms with Gasteiger partial charge in [-0.1, -0.05) is 98.8 Å². The van der Waals surface area contributed by atoms with Crippen molar-refractivity contribution in [2.45, 2.75) is 44.6 Å². The van der Waals surface area contributed by atoms with Crippen LogP contribution in [-0.2, 0) is 25.8 Å². The standard InChI is InChI=1S/C29H32N2S.CH3.Hf/c1-20(2)23-15-10-16-24(21(3)4)29(23)31-32(5,6)28-19-11-18-27(30-28)26-17-9-13-22-12-7-8-14-25(22)26;;/h7-16,18-21H,1-6H3;1H3;/q-2;-1;. The average Bonchev–Trinajstić information content (AvgIpc) is 2.78. The van der Waals surface area contributed by atoms with E-state index in [0.717, 1.165) is 22.0 Å². The largest absolute Gasteiger partial charge is 0.639 e. The molecule has 0 amide bonds. The van der Waals surface area contributed by atoms with Crippen molar-refractivity contribution in [2.75, 3.05) is 12.5 Å². The molecule has 0 radical (unpaired) electrons. The molecule has 4 heteroatoms. The number of hydrogen-bond donors (Lipinski definition) is 0. The summed E-state index contributed by atoms with van der Waals surface area (Å²) in [5, 5.41) is 3.43. The van der Waals surface area contributed by atoms with Gasteiger partial charge in [0, 0.05) is 25.8 Å². The zero-order chi connectivity index (χ0) is 22.9. The van der Waals surface area contributed by atoms with Crippen LogP contribution in [0.5, 0.6) is 0 Å². The first kappa shape index (κ1) is 28.3. The molecule has 0 spiro atoms. The Labute approximate surface area is 226 Å². The van der Waals surface area contributed by atoms with Gasteiger partial charge in [0.25, 0.3) is 0 Å². The summed E-state index contributed by atoms with van der Waals surface area (Å²) < 4.78 is 5.41. The van der Waals surface area contributed by atoms with Crippen molar-refractivity contribution in [3.63, 3.8) is 0 Å². The van der Waals surface area contributed by atoms with E-state index in [1.165, 1.54) is 21.9 Å². The van der Waals surface area contributed by atoms with Crippen LogP contribution in [0, 0.1) is 13.5 Å². The zero-order valence-corrected chi connectivity index (χ0v) is 25.8. The monoisotopic (exact) mass is 635 g/mol. The van der Waals surface area contributed by atoms with E-state index < -0.39 is 10.2 Å². The summed E-state index contributed by atoms with van der Waals surface area (Å²) >= 11 is 0. The molecular weight excluding hydrogens is 599 g/mol. The second kappa shape index (κ2) is 11.7. The summed E-state index contributed by atoms with van der Waals surface area (Å²) in [6.07, 6.45) is 4.49. The number of benzene rings is 3. The van der Waals surface area contributed by atoms with Crippen molar-refractivity contribution in [3.8, 4) is 11.3 Å². The maximum Gasteiger partial charge on any atom is 0.0539 e. The zero-order valence-electron chi connectivity index (χ0n) is 21.4. The van der Waals surface area contributed by atoms with Crippen LogP contribution in [0.4, 0.5) is 5.69 Å². The molecule has 1 heterocycles. The van der Waals surface area contributed by atoms with Crippen LogP contribution in [0.15, 0.2) is 77.8 Å². The molecule has 2 nitrogen and oxygen atoms in total. The SMILES string of the molecule is CC(C)c1cccc(C(C)C)c1[N-]S(C)(C)c1cccc(-c2[c-]ccc3ccccc23)n1.[CH3-].[Hf]. The Kier molecular flexibility index (Phi) is 9.73. The minimum Gasteiger partial charge on any atom is -0.639 e. The van der Waals surface area contributed by atoms with Crippen LogP contribution < -0.4 is 0 Å². The van der Waals surface area contributed by atoms with Gasteiger partial charge < -0.3 is 12.1 Å². The van der Waals surface area contributed by atoms with Crippen LogP contribution in [0.1, 0.15) is 50.7 Å². The molecule has 0 aliphatic rings. The summed E-state index contributed by atoms with van der Waals surface area (Å²) in [5.74, 6) is 0.847. The Morgan fingerprint density at radius 2 is 1.41 bits per heavy atom. The minimum absolute atomic E-state index is 0. The van der Waals surface area contributed by atoms with Crippen LogP contribution in [0.25, 0.3) is 26.8 Å². The third-order valence-corrected chi connectivity index (χ3v) is 7.76. The van der Waals surface area contributed by atoms with Gasteiger partial charge >= 0.3 is 0 Å². The fraction of sp³-hybridized carbons (Fsp3) is 0.267. The molecule has 0 aliphatic carbocycles. The summed E-state index contributed by atoms with van der Waals surface area (Å²) in [6.45, 7) is 8.98. The minimum atomic E-state index is -1.51. The molecule has 178 valence electrons. The first-order valence-corrected chi connectivity index (χ1v) is 13.6. The Morgan fingerprint density at radius 1 is 0.794 bits per heavy atom. The van der Waals surface area contributed by atoms with E-state index in [1.54, 1.807) is 0 Å². The Morgan fingerprint density at radius 3 is 2.06 bits per heavy atom. The molecule has 0 unspecified atom stereocenters. The average molecular weight is 634 g/mol. The molecule has 0 fully saturated rings. The number of nitrogens with zero attached hydrogens (tertiary/aromatic N) is 2. The molecule has 1 aromatic heterocycles. The molecule has 0 atom stereocenters. The summed E-state index contributed by atoms with van der Waals surface area (Å²) in [5.41, 5.74) is 5.79. The van der Waals surface area contributed by atoms with E-state index in [1.807, 2.05) is 6.07 Å². The second-order valence-electron chi connectivity index (χ2n) is 9.26. The van der Waals surface area contributed by atoms with E-state index in [0.29, 0.717) is 11.8 Å². The Hall–Kier alpha value is -1.91. The number of pyridine rings is 1. The van der Waals surface area contributed by atoms with E-state index in [-0.39, 0.29) is 33.3 Å². The van der Waals surface area contributed by atoms with Gasteiger partial charge in [0.2, 0.25) is 0 Å². The predicted octanol–water partition coefficient (Wildman–Crippen LogP) is 9.44. The van der Waals surface area contributed by atoms with Gasteiger partial charge in [0.05, 0.1) is 5.03 Å². The van der Waals surface area contributed by atoms with E-state index in [9.17, 15) is 0 Å². The van der Waals surface area contributed by atoms with Crippen molar-refractivity contribution in [2.24, 2.45) is 0 Å². The van der Waals surface area contributed by atoms with E-state index >= 15 is 0 Å². The number of hydrogen-bond acceptors (Lipinski definition) is 1. The number of fused-ring (bicyclic) bond motifs is 1. The molecule has 0 saturated heterocycles. The molecule has 0 N–H and O–H groups in total. The molecule has 34 heavy (non-hydrogen) atoms. The fourth-order valence-electron chi connectivity index (χ4n) is 4.10. The van der Waals surface area contributed by atoms with Crippen molar-refractivity contribution in [3.05, 3.63) is 102 Å². The number of aromatic nitrogens is 1. The summed E-state index contributed by atoms with van der Waals surface area (Å²) in [7, 11) is -1.51. The van der Waals surface area contributed by atoms with Gasteiger partial charge in [0.15, 0.2) is 0 Å². The molecular formula is C30H35HfN2S-3. The normalized spacial score (nSPS) is 11.8. The van der Waals surface area contributed by atoms with Crippen LogP contribution in [0.2, 0.25) is 0 Å². The second-order valence-corrected chi connectivity index (χ2v) is 12.4. The predicted molar refractivity (Wildman–Crippen MR) is 148 cm³/mol. The molecule has 4 aromatic rings. The summed E-state index contributed by atoms with van der Waals surface area (Å²) in [4.78, 5) is 5.12. The first-order chi connectivity index (χ1) is 15.3. The van der Waals surface area contributed by atoms with E-state index in [4.69, 9.17) is 9.71 Å². The maximum atomic E-state index is 5.41. The topological polar surface area (TPSA) is 27.0 Å². The smallest absolute Gasteiger partial charge is 0.0539 e. The van der Waals surface area contributed by atoms with Crippen molar-refractivity contribution in [1.82, 2.24) is 4.98 Å². The third-order valence-electron chi connectivity index (χ3n) is 5.87. The maximum absolute atomic E-state index is 5.41. The van der Waals surface area contributed by atoms with Gasteiger partial charge in [-0.25, -0.2) is 0 Å². The van der Waals surface area contributed by atoms with Crippen molar-refractivity contribution >= 4 is 26.7 Å². The van der Waals surface area contributed by atoms with Crippen LogP contribution in [0.3, 0.4) is 0 Å². The quantitative estimate of drug-likeness (QED) is 0.153. The van der Waals surface area contributed by atoms with Crippen molar-refractivity contribution < 1.29 is 25.8 Å². The summed E-state index contributed by atoms with van der Waals surface area (Å²) in [6, 6.07) is 28.9. The van der Waals surface area contributed by atoms with Gasteiger partial charge in [-0.05, 0) is 36.1 Å². The number of rotatable bonds is 6.